The smallest absolute Gasteiger partial charge is 0.187 e. The number of aryl methyl sites for hydroxylation is 1. The first-order valence-electron chi connectivity index (χ1n) is 9.15. The highest BCUT2D eigenvalue weighted by Gasteiger charge is 2.49. The maximum Gasteiger partial charge on any atom is 0.187 e. The van der Waals surface area contributed by atoms with E-state index in [4.69, 9.17) is 5.73 Å². The van der Waals surface area contributed by atoms with Crippen molar-refractivity contribution in [1.29, 1.82) is 0 Å². The first kappa shape index (κ1) is 21.9. The normalized spacial score (nSPS) is 22.4. The number of halogens is 2. The second kappa shape index (κ2) is 7.19. The molecule has 0 unspecified atom stereocenters. The summed E-state index contributed by atoms with van der Waals surface area (Å²) in [5.41, 5.74) is 4.85. The van der Waals surface area contributed by atoms with Gasteiger partial charge in [0.15, 0.2) is 27.3 Å². The van der Waals surface area contributed by atoms with Crippen LogP contribution in [-0.4, -0.2) is 40.5 Å². The molecule has 0 saturated heterocycles. The van der Waals surface area contributed by atoms with Crippen LogP contribution in [0.5, 0.6) is 0 Å². The fraction of sp³-hybridized carbons (Fsp3) is 0.400. The monoisotopic (exact) mass is 436 g/mol. The molecule has 7 nitrogen and oxygen atoms in total. The molecule has 0 bridgehead atoms. The largest absolute Gasteiger partial charge is 0.386 e. The molecule has 0 radical (unpaired) electrons. The van der Waals surface area contributed by atoms with Crippen LogP contribution in [0.1, 0.15) is 48.1 Å². The number of aromatic nitrogens is 2. The van der Waals surface area contributed by atoms with Crippen LogP contribution in [0.2, 0.25) is 0 Å². The SMILES string of the molecule is Cc1cnc(C(=O)Cc2cc(F)c(F)c([C@]3(C)CS(=O)(=O)C(C)(C)C(N)=N3)c2)cn1. The maximum absolute atomic E-state index is 14.7. The second-order valence-electron chi connectivity index (χ2n) is 8.12. The third-order valence-electron chi connectivity index (χ3n) is 5.33. The van der Waals surface area contributed by atoms with Crippen LogP contribution in [0, 0.1) is 18.6 Å². The minimum atomic E-state index is -3.81. The average molecular weight is 436 g/mol. The van der Waals surface area contributed by atoms with Crippen molar-refractivity contribution in [3.8, 4) is 0 Å². The number of aliphatic imine (C=N–C) groups is 1. The van der Waals surface area contributed by atoms with Gasteiger partial charge in [-0.1, -0.05) is 0 Å². The summed E-state index contributed by atoms with van der Waals surface area (Å²) < 4.78 is 53.1. The number of benzene rings is 1. The summed E-state index contributed by atoms with van der Waals surface area (Å²) >= 11 is 0. The Morgan fingerprint density at radius 1 is 1.17 bits per heavy atom. The number of sulfone groups is 1. The first-order valence-corrected chi connectivity index (χ1v) is 10.8. The second-order valence-corrected chi connectivity index (χ2v) is 10.7. The molecule has 0 amide bonds. The Hall–Kier alpha value is -2.75. The predicted molar refractivity (Wildman–Crippen MR) is 108 cm³/mol. The van der Waals surface area contributed by atoms with Gasteiger partial charge in [0.05, 0.1) is 17.6 Å². The highest BCUT2D eigenvalue weighted by molar-refractivity contribution is 7.93. The van der Waals surface area contributed by atoms with Crippen LogP contribution < -0.4 is 5.73 Å². The Kier molecular flexibility index (Phi) is 5.26. The fourth-order valence-corrected chi connectivity index (χ4v) is 4.92. The Balaban J connectivity index is 2.05. The van der Waals surface area contributed by atoms with E-state index in [-0.39, 0.29) is 29.1 Å². The van der Waals surface area contributed by atoms with E-state index in [0.29, 0.717) is 5.69 Å². The lowest BCUT2D eigenvalue weighted by molar-refractivity contribution is 0.0987. The number of rotatable bonds is 4. The van der Waals surface area contributed by atoms with Gasteiger partial charge in [-0.15, -0.1) is 0 Å². The van der Waals surface area contributed by atoms with Gasteiger partial charge in [-0.05, 0) is 45.4 Å². The summed E-state index contributed by atoms with van der Waals surface area (Å²) in [5, 5.41) is 0. The summed E-state index contributed by atoms with van der Waals surface area (Å²) in [6.07, 6.45) is 2.47. The minimum absolute atomic E-state index is 0.0855. The molecule has 160 valence electrons. The number of Topliss-reactive ketones (excluding diaryl/α,β-unsaturated/α-hetero) is 1. The molecule has 1 atom stereocenters. The Labute approximate surface area is 173 Å². The predicted octanol–water partition coefficient (Wildman–Crippen LogP) is 2.27. The summed E-state index contributed by atoms with van der Waals surface area (Å²) in [6, 6.07) is 2.15. The Morgan fingerprint density at radius 3 is 2.40 bits per heavy atom. The lowest BCUT2D eigenvalue weighted by Gasteiger charge is -2.38. The Bertz CT molecular complexity index is 1160. The van der Waals surface area contributed by atoms with Crippen LogP contribution in [0.4, 0.5) is 8.78 Å². The van der Waals surface area contributed by atoms with Crippen molar-refractivity contribution in [1.82, 2.24) is 9.97 Å². The van der Waals surface area contributed by atoms with Crippen LogP contribution in [0.15, 0.2) is 29.5 Å². The first-order chi connectivity index (χ1) is 13.8. The highest BCUT2D eigenvalue weighted by atomic mass is 32.2. The number of nitrogens with zero attached hydrogens (tertiary/aromatic N) is 3. The molecule has 0 aliphatic carbocycles. The highest BCUT2D eigenvalue weighted by Crippen LogP contribution is 2.38. The molecule has 0 spiro atoms. The third-order valence-corrected chi connectivity index (χ3v) is 8.04. The van der Waals surface area contributed by atoms with Crippen molar-refractivity contribution >= 4 is 21.5 Å². The van der Waals surface area contributed by atoms with Crippen molar-refractivity contribution in [2.45, 2.75) is 44.4 Å². The molecule has 1 aromatic heterocycles. The topological polar surface area (TPSA) is 115 Å². The van der Waals surface area contributed by atoms with Gasteiger partial charge in [0, 0.05) is 18.2 Å². The molecular formula is C20H22F2N4O3S. The molecule has 1 aliphatic rings. The maximum atomic E-state index is 14.7. The van der Waals surface area contributed by atoms with E-state index in [2.05, 4.69) is 15.0 Å². The van der Waals surface area contributed by atoms with E-state index < -0.39 is 43.3 Å². The molecule has 1 aliphatic heterocycles. The lowest BCUT2D eigenvalue weighted by atomic mass is 9.90. The van der Waals surface area contributed by atoms with E-state index in [1.807, 2.05) is 0 Å². The van der Waals surface area contributed by atoms with E-state index in [0.717, 1.165) is 6.07 Å². The average Bonchev–Trinajstić information content (AvgIpc) is 2.63. The van der Waals surface area contributed by atoms with Gasteiger partial charge in [0.1, 0.15) is 21.8 Å². The van der Waals surface area contributed by atoms with E-state index >= 15 is 0 Å². The van der Waals surface area contributed by atoms with Gasteiger partial charge < -0.3 is 5.73 Å². The van der Waals surface area contributed by atoms with Gasteiger partial charge in [-0.25, -0.2) is 22.2 Å². The minimum Gasteiger partial charge on any atom is -0.386 e. The van der Waals surface area contributed by atoms with Gasteiger partial charge >= 0.3 is 0 Å². The lowest BCUT2D eigenvalue weighted by Crippen LogP contribution is -2.55. The molecule has 3 rings (SSSR count). The number of carbonyl (C=O) groups excluding carboxylic acids is 1. The molecule has 30 heavy (non-hydrogen) atoms. The summed E-state index contributed by atoms with van der Waals surface area (Å²) in [7, 11) is -3.81. The van der Waals surface area contributed by atoms with Gasteiger partial charge in [-0.2, -0.15) is 0 Å². The van der Waals surface area contributed by atoms with E-state index in [1.165, 1.54) is 39.2 Å². The molecule has 2 heterocycles. The van der Waals surface area contributed by atoms with Gasteiger partial charge in [0.25, 0.3) is 0 Å². The van der Waals surface area contributed by atoms with Gasteiger partial charge in [-0.3, -0.25) is 14.8 Å². The quantitative estimate of drug-likeness (QED) is 0.735. The van der Waals surface area contributed by atoms with Gasteiger partial charge in [0.2, 0.25) is 0 Å². The van der Waals surface area contributed by atoms with Crippen molar-refractivity contribution in [3.63, 3.8) is 0 Å². The number of carbonyl (C=O) groups is 1. The standard InChI is InChI=1S/C20H22F2N4O3S/c1-11-8-25-15(9-24-11)16(27)7-12-5-13(17(22)14(21)6-12)20(4)10-30(28,29)19(2,3)18(23)26-20/h5-6,8-9H,7,10H2,1-4H3,(H2,23,26)/t20-/m0/s1. The fourth-order valence-electron chi connectivity index (χ4n) is 3.23. The number of hydrogen-bond donors (Lipinski definition) is 1. The third kappa shape index (κ3) is 3.71. The van der Waals surface area contributed by atoms with Crippen molar-refractivity contribution < 1.29 is 22.0 Å². The van der Waals surface area contributed by atoms with Crippen LogP contribution in [-0.2, 0) is 21.8 Å². The van der Waals surface area contributed by atoms with Crippen LogP contribution in [0.3, 0.4) is 0 Å². The summed E-state index contributed by atoms with van der Waals surface area (Å²) in [4.78, 5) is 24.7. The number of amidine groups is 1. The van der Waals surface area contributed by atoms with E-state index in [9.17, 15) is 22.0 Å². The molecule has 2 N–H and O–H groups in total. The van der Waals surface area contributed by atoms with Crippen molar-refractivity contribution in [2.24, 2.45) is 10.7 Å². The zero-order valence-corrected chi connectivity index (χ0v) is 17.8. The molecule has 10 heteroatoms. The van der Waals surface area contributed by atoms with Crippen LogP contribution in [0.25, 0.3) is 0 Å². The van der Waals surface area contributed by atoms with Crippen LogP contribution >= 0.6 is 0 Å². The number of hydrogen-bond acceptors (Lipinski definition) is 7. The summed E-state index contributed by atoms with van der Waals surface area (Å²) in [5.74, 6) is -3.61. The molecule has 2 aromatic rings. The molecule has 0 saturated carbocycles. The Morgan fingerprint density at radius 2 is 1.83 bits per heavy atom. The van der Waals surface area contributed by atoms with Crippen molar-refractivity contribution in [3.05, 3.63) is 58.7 Å². The zero-order valence-electron chi connectivity index (χ0n) is 17.0. The van der Waals surface area contributed by atoms with E-state index in [1.54, 1.807) is 6.92 Å². The zero-order chi connectivity index (χ0) is 22.5. The van der Waals surface area contributed by atoms with Crippen molar-refractivity contribution in [2.75, 3.05) is 5.75 Å². The molecular weight excluding hydrogens is 414 g/mol. The number of ketones is 1. The molecule has 0 fully saturated rings. The number of nitrogens with two attached hydrogens (primary N) is 1. The summed E-state index contributed by atoms with van der Waals surface area (Å²) in [6.45, 7) is 5.92. The molecule has 1 aromatic carbocycles.